The minimum atomic E-state index is -0.336. The fourth-order valence-corrected chi connectivity index (χ4v) is 2.02. The monoisotopic (exact) mass is 277 g/mol. The third kappa shape index (κ3) is 3.82. The fraction of sp³-hybridized carbons (Fsp3) is 0.308. The minimum Gasteiger partial charge on any atom is -0.457 e. The number of ether oxygens (including phenoxy) is 1. The van der Waals surface area contributed by atoms with E-state index in [1.807, 2.05) is 25.4 Å². The van der Waals surface area contributed by atoms with Gasteiger partial charge in [-0.1, -0.05) is 0 Å². The Morgan fingerprint density at radius 2 is 2.37 bits per heavy atom. The Hall–Kier alpha value is -1.82. The van der Waals surface area contributed by atoms with Crippen molar-refractivity contribution in [3.8, 4) is 0 Å². The number of pyridine rings is 1. The van der Waals surface area contributed by atoms with Gasteiger partial charge in [0.15, 0.2) is 0 Å². The molecular formula is C13H15N3O2S. The maximum atomic E-state index is 12.0. The van der Waals surface area contributed by atoms with E-state index in [4.69, 9.17) is 4.74 Å². The zero-order valence-corrected chi connectivity index (χ0v) is 11.6. The van der Waals surface area contributed by atoms with Crippen LogP contribution in [0, 0.1) is 0 Å². The number of aromatic nitrogens is 3. The van der Waals surface area contributed by atoms with Crippen LogP contribution in [-0.4, -0.2) is 33.1 Å². The zero-order chi connectivity index (χ0) is 13.7. The van der Waals surface area contributed by atoms with E-state index in [-0.39, 0.29) is 12.1 Å². The van der Waals surface area contributed by atoms with Crippen LogP contribution in [0.25, 0.3) is 0 Å². The van der Waals surface area contributed by atoms with E-state index < -0.39 is 0 Å². The predicted octanol–water partition coefficient (Wildman–Crippen LogP) is 2.25. The Bertz CT molecular complexity index is 543. The number of nitrogens with zero attached hydrogens (tertiary/aromatic N) is 3. The van der Waals surface area contributed by atoms with Crippen molar-refractivity contribution in [2.45, 2.75) is 24.6 Å². The summed E-state index contributed by atoms with van der Waals surface area (Å²) in [6.45, 7) is 2.38. The summed E-state index contributed by atoms with van der Waals surface area (Å²) >= 11 is 1.49. The number of thioether (sulfide) groups is 1. The quantitative estimate of drug-likeness (QED) is 0.619. The molecule has 2 aromatic rings. The van der Waals surface area contributed by atoms with Gasteiger partial charge in [0, 0.05) is 18.6 Å². The van der Waals surface area contributed by atoms with Crippen LogP contribution >= 0.6 is 11.8 Å². The highest BCUT2D eigenvalue weighted by Gasteiger charge is 2.13. The second kappa shape index (κ2) is 6.38. The normalized spacial score (nSPS) is 12.1. The highest BCUT2D eigenvalue weighted by molar-refractivity contribution is 7.98. The number of esters is 1. The largest absolute Gasteiger partial charge is 0.457 e. The molecule has 0 bridgehead atoms. The maximum absolute atomic E-state index is 12.0. The molecule has 6 heteroatoms. The first-order chi connectivity index (χ1) is 9.19. The number of hydrogen-bond donors (Lipinski definition) is 0. The third-order valence-electron chi connectivity index (χ3n) is 2.49. The van der Waals surface area contributed by atoms with E-state index in [2.05, 4.69) is 10.1 Å². The highest BCUT2D eigenvalue weighted by atomic mass is 32.2. The van der Waals surface area contributed by atoms with Crippen molar-refractivity contribution in [1.29, 1.82) is 0 Å². The van der Waals surface area contributed by atoms with Gasteiger partial charge in [-0.05, 0) is 31.4 Å². The Morgan fingerprint density at radius 1 is 1.53 bits per heavy atom. The summed E-state index contributed by atoms with van der Waals surface area (Å²) in [4.78, 5) is 16.1. The lowest BCUT2D eigenvalue weighted by Crippen LogP contribution is -2.21. The molecule has 0 saturated heterocycles. The van der Waals surface area contributed by atoms with Gasteiger partial charge in [0.2, 0.25) is 0 Å². The molecule has 5 nitrogen and oxygen atoms in total. The summed E-state index contributed by atoms with van der Waals surface area (Å²) < 4.78 is 7.11. The molecule has 2 rings (SSSR count). The number of rotatable bonds is 5. The van der Waals surface area contributed by atoms with Crippen molar-refractivity contribution >= 4 is 17.7 Å². The molecular weight excluding hydrogens is 262 g/mol. The molecule has 0 saturated carbocycles. The Kier molecular flexibility index (Phi) is 4.57. The predicted molar refractivity (Wildman–Crippen MR) is 73.1 cm³/mol. The Balaban J connectivity index is 1.96. The maximum Gasteiger partial charge on any atom is 0.338 e. The molecule has 0 radical (unpaired) electrons. The lowest BCUT2D eigenvalue weighted by molar-refractivity contribution is 0.0298. The van der Waals surface area contributed by atoms with Crippen LogP contribution in [-0.2, 0) is 11.3 Å². The van der Waals surface area contributed by atoms with Crippen LogP contribution in [0.5, 0.6) is 0 Å². The summed E-state index contributed by atoms with van der Waals surface area (Å²) in [6.07, 6.45) is 6.82. The standard InChI is InChI=1S/C13H15N3O2S/c1-10(9-16-7-3-5-15-16)18-13(17)11-4-6-14-12(8-11)19-2/h3-8,10H,9H2,1-2H3. The molecule has 0 amide bonds. The van der Waals surface area contributed by atoms with Gasteiger partial charge >= 0.3 is 5.97 Å². The van der Waals surface area contributed by atoms with Crippen molar-refractivity contribution in [1.82, 2.24) is 14.8 Å². The lowest BCUT2D eigenvalue weighted by Gasteiger charge is -2.13. The van der Waals surface area contributed by atoms with Crippen molar-refractivity contribution in [2.24, 2.45) is 0 Å². The van der Waals surface area contributed by atoms with E-state index in [1.54, 1.807) is 29.2 Å². The molecule has 1 atom stereocenters. The topological polar surface area (TPSA) is 57.0 Å². The fourth-order valence-electron chi connectivity index (χ4n) is 1.61. The van der Waals surface area contributed by atoms with Gasteiger partial charge < -0.3 is 4.74 Å². The first-order valence-electron chi connectivity index (χ1n) is 5.87. The number of hydrogen-bond acceptors (Lipinski definition) is 5. The molecule has 0 aliphatic rings. The summed E-state index contributed by atoms with van der Waals surface area (Å²) in [5.74, 6) is -0.336. The minimum absolute atomic E-state index is 0.238. The first-order valence-corrected chi connectivity index (χ1v) is 7.10. The van der Waals surface area contributed by atoms with Gasteiger partial charge in [0.05, 0.1) is 17.1 Å². The zero-order valence-electron chi connectivity index (χ0n) is 10.8. The van der Waals surface area contributed by atoms with Crippen LogP contribution in [0.4, 0.5) is 0 Å². The summed E-state index contributed by atoms with van der Waals surface area (Å²) in [7, 11) is 0. The molecule has 0 spiro atoms. The van der Waals surface area contributed by atoms with Gasteiger partial charge in [-0.15, -0.1) is 11.8 Å². The van der Waals surface area contributed by atoms with Crippen molar-refractivity contribution < 1.29 is 9.53 Å². The highest BCUT2D eigenvalue weighted by Crippen LogP contribution is 2.14. The van der Waals surface area contributed by atoms with Crippen molar-refractivity contribution in [2.75, 3.05) is 6.26 Å². The lowest BCUT2D eigenvalue weighted by atomic mass is 10.3. The molecule has 0 fully saturated rings. The van der Waals surface area contributed by atoms with E-state index in [0.717, 1.165) is 5.03 Å². The molecule has 2 aromatic heterocycles. The average molecular weight is 277 g/mol. The Labute approximate surface area is 116 Å². The van der Waals surface area contributed by atoms with Crippen LogP contribution in [0.15, 0.2) is 41.8 Å². The van der Waals surface area contributed by atoms with E-state index in [9.17, 15) is 4.79 Å². The molecule has 0 aliphatic heterocycles. The van der Waals surface area contributed by atoms with Gasteiger partial charge in [-0.3, -0.25) is 4.68 Å². The van der Waals surface area contributed by atoms with E-state index in [1.165, 1.54) is 11.8 Å². The van der Waals surface area contributed by atoms with Crippen LogP contribution in [0.2, 0.25) is 0 Å². The molecule has 0 aliphatic carbocycles. The molecule has 100 valence electrons. The molecule has 19 heavy (non-hydrogen) atoms. The van der Waals surface area contributed by atoms with Gasteiger partial charge in [0.25, 0.3) is 0 Å². The second-order valence-corrected chi connectivity index (χ2v) is 4.86. The van der Waals surface area contributed by atoms with Crippen molar-refractivity contribution in [3.05, 3.63) is 42.4 Å². The summed E-state index contributed by atoms with van der Waals surface area (Å²) in [5.41, 5.74) is 0.520. The smallest absolute Gasteiger partial charge is 0.338 e. The molecule has 2 heterocycles. The molecule has 1 unspecified atom stereocenters. The SMILES string of the molecule is CSc1cc(C(=O)OC(C)Cn2cccn2)ccn1. The van der Waals surface area contributed by atoms with Gasteiger partial charge in [0.1, 0.15) is 6.10 Å². The van der Waals surface area contributed by atoms with Gasteiger partial charge in [-0.25, -0.2) is 9.78 Å². The average Bonchev–Trinajstić information content (AvgIpc) is 2.91. The van der Waals surface area contributed by atoms with E-state index >= 15 is 0 Å². The number of carbonyl (C=O) groups excluding carboxylic acids is 1. The van der Waals surface area contributed by atoms with Crippen LogP contribution in [0.1, 0.15) is 17.3 Å². The number of carbonyl (C=O) groups is 1. The van der Waals surface area contributed by atoms with Crippen LogP contribution < -0.4 is 0 Å². The summed E-state index contributed by atoms with van der Waals surface area (Å²) in [5, 5.41) is 4.88. The molecule has 0 N–H and O–H groups in total. The first kappa shape index (κ1) is 13.6. The van der Waals surface area contributed by atoms with Crippen molar-refractivity contribution in [3.63, 3.8) is 0 Å². The third-order valence-corrected chi connectivity index (χ3v) is 3.13. The second-order valence-electron chi connectivity index (χ2n) is 4.03. The Morgan fingerprint density at radius 3 is 3.05 bits per heavy atom. The van der Waals surface area contributed by atoms with E-state index in [0.29, 0.717) is 12.1 Å². The van der Waals surface area contributed by atoms with Gasteiger partial charge in [-0.2, -0.15) is 5.10 Å². The summed E-state index contributed by atoms with van der Waals surface area (Å²) in [6, 6.07) is 5.22. The molecule has 0 aromatic carbocycles. The van der Waals surface area contributed by atoms with Crippen LogP contribution in [0.3, 0.4) is 0 Å².